The van der Waals surface area contributed by atoms with Gasteiger partial charge in [0.05, 0.1) is 5.56 Å². The third-order valence-electron chi connectivity index (χ3n) is 2.46. The lowest BCUT2D eigenvalue weighted by Gasteiger charge is -2.15. The van der Waals surface area contributed by atoms with Gasteiger partial charge in [-0.05, 0) is 28.4 Å². The van der Waals surface area contributed by atoms with Crippen LogP contribution < -0.4 is 5.73 Å². The zero-order valence-corrected chi connectivity index (χ0v) is 12.2. The van der Waals surface area contributed by atoms with E-state index in [1.165, 1.54) is 0 Å². The van der Waals surface area contributed by atoms with Crippen LogP contribution in [0.2, 0.25) is 0 Å². The molecule has 1 atom stereocenters. The minimum absolute atomic E-state index is 0. The van der Waals surface area contributed by atoms with Crippen LogP contribution in [-0.4, -0.2) is 34.9 Å². The van der Waals surface area contributed by atoms with Crippen LogP contribution >= 0.6 is 40.7 Å². The van der Waals surface area contributed by atoms with E-state index in [0.29, 0.717) is 12.1 Å². The summed E-state index contributed by atoms with van der Waals surface area (Å²) >= 11 is 3.29. The first-order chi connectivity index (χ1) is 7.16. The average molecular weight is 343 g/mol. The molecule has 0 aromatic carbocycles. The molecule has 1 saturated heterocycles. The molecule has 7 heteroatoms. The highest BCUT2D eigenvalue weighted by Gasteiger charge is 2.24. The molecule has 1 amide bonds. The van der Waals surface area contributed by atoms with E-state index in [4.69, 9.17) is 5.73 Å². The minimum atomic E-state index is 0. The largest absolute Gasteiger partial charge is 0.337 e. The lowest BCUT2D eigenvalue weighted by Crippen LogP contribution is -2.31. The van der Waals surface area contributed by atoms with E-state index < -0.39 is 0 Å². The SMILES string of the molecule is Cl.Cl.NC1CCN(C(=O)c2cncc(Br)c2)C1. The third-order valence-corrected chi connectivity index (χ3v) is 2.90. The average Bonchev–Trinajstić information content (AvgIpc) is 2.64. The quantitative estimate of drug-likeness (QED) is 0.847. The molecule has 17 heavy (non-hydrogen) atoms. The Morgan fingerprint density at radius 3 is 2.71 bits per heavy atom. The zero-order chi connectivity index (χ0) is 10.8. The van der Waals surface area contributed by atoms with E-state index >= 15 is 0 Å². The summed E-state index contributed by atoms with van der Waals surface area (Å²) in [6.45, 7) is 1.39. The van der Waals surface area contributed by atoms with Crippen LogP contribution in [0.15, 0.2) is 22.9 Å². The lowest BCUT2D eigenvalue weighted by molar-refractivity contribution is 0.0790. The van der Waals surface area contributed by atoms with Crippen molar-refractivity contribution in [1.29, 1.82) is 0 Å². The number of carbonyl (C=O) groups is 1. The van der Waals surface area contributed by atoms with Crippen molar-refractivity contribution in [1.82, 2.24) is 9.88 Å². The summed E-state index contributed by atoms with van der Waals surface area (Å²) in [4.78, 5) is 17.7. The van der Waals surface area contributed by atoms with Gasteiger partial charge in [-0.15, -0.1) is 24.8 Å². The molecule has 1 aromatic rings. The van der Waals surface area contributed by atoms with Crippen LogP contribution in [-0.2, 0) is 0 Å². The number of carbonyl (C=O) groups excluding carboxylic acids is 1. The van der Waals surface area contributed by atoms with Gasteiger partial charge in [-0.2, -0.15) is 0 Å². The maximum atomic E-state index is 12.0. The maximum Gasteiger partial charge on any atom is 0.255 e. The Labute approximate surface area is 121 Å². The molecule has 0 saturated carbocycles. The van der Waals surface area contributed by atoms with Crippen LogP contribution in [0.25, 0.3) is 0 Å². The maximum absolute atomic E-state index is 12.0. The van der Waals surface area contributed by atoms with Crippen LogP contribution in [0.5, 0.6) is 0 Å². The number of hydrogen-bond donors (Lipinski definition) is 1. The van der Waals surface area contributed by atoms with Gasteiger partial charge in [-0.25, -0.2) is 0 Å². The zero-order valence-electron chi connectivity index (χ0n) is 9.01. The Morgan fingerprint density at radius 1 is 1.47 bits per heavy atom. The minimum Gasteiger partial charge on any atom is -0.337 e. The molecular weight excluding hydrogens is 329 g/mol. The van der Waals surface area contributed by atoms with Gasteiger partial charge in [0.2, 0.25) is 0 Å². The van der Waals surface area contributed by atoms with Crippen molar-refractivity contribution in [2.75, 3.05) is 13.1 Å². The van der Waals surface area contributed by atoms with E-state index in [0.717, 1.165) is 17.4 Å². The van der Waals surface area contributed by atoms with Crippen molar-refractivity contribution >= 4 is 46.7 Å². The summed E-state index contributed by atoms with van der Waals surface area (Å²) in [5.41, 5.74) is 6.36. The molecule has 96 valence electrons. The molecule has 1 aromatic heterocycles. The predicted octanol–water partition coefficient (Wildman–Crippen LogP) is 1.86. The lowest BCUT2D eigenvalue weighted by atomic mass is 10.2. The van der Waals surface area contributed by atoms with E-state index in [-0.39, 0.29) is 36.8 Å². The fraction of sp³-hybridized carbons (Fsp3) is 0.400. The van der Waals surface area contributed by atoms with Gasteiger partial charge in [0.1, 0.15) is 0 Å². The Balaban J connectivity index is 0.00000128. The molecule has 1 aliphatic rings. The van der Waals surface area contributed by atoms with E-state index in [2.05, 4.69) is 20.9 Å². The highest BCUT2D eigenvalue weighted by atomic mass is 79.9. The Kier molecular flexibility index (Phi) is 7.01. The van der Waals surface area contributed by atoms with Crippen molar-refractivity contribution in [3.63, 3.8) is 0 Å². The highest BCUT2D eigenvalue weighted by Crippen LogP contribution is 2.15. The summed E-state index contributed by atoms with van der Waals surface area (Å²) in [5, 5.41) is 0. The molecule has 4 nitrogen and oxygen atoms in total. The van der Waals surface area contributed by atoms with Crippen LogP contribution in [0.4, 0.5) is 0 Å². The number of rotatable bonds is 1. The second kappa shape index (κ2) is 7.16. The van der Waals surface area contributed by atoms with Gasteiger partial charge in [0.15, 0.2) is 0 Å². The number of amides is 1. The molecule has 2 heterocycles. The predicted molar refractivity (Wildman–Crippen MR) is 74.9 cm³/mol. The van der Waals surface area contributed by atoms with E-state index in [1.807, 2.05) is 0 Å². The van der Waals surface area contributed by atoms with Gasteiger partial charge in [0, 0.05) is 36.0 Å². The van der Waals surface area contributed by atoms with Gasteiger partial charge in [-0.3, -0.25) is 9.78 Å². The van der Waals surface area contributed by atoms with Crippen molar-refractivity contribution in [3.05, 3.63) is 28.5 Å². The fourth-order valence-corrected chi connectivity index (χ4v) is 2.05. The van der Waals surface area contributed by atoms with E-state index in [9.17, 15) is 4.79 Å². The first-order valence-electron chi connectivity index (χ1n) is 4.82. The number of nitrogens with zero attached hydrogens (tertiary/aromatic N) is 2. The summed E-state index contributed by atoms with van der Waals surface area (Å²) in [6, 6.07) is 1.90. The molecule has 2 N–H and O–H groups in total. The number of likely N-dealkylation sites (tertiary alicyclic amines) is 1. The Bertz CT molecular complexity index is 392. The number of nitrogens with two attached hydrogens (primary N) is 1. The van der Waals surface area contributed by atoms with Gasteiger partial charge < -0.3 is 10.6 Å². The topological polar surface area (TPSA) is 59.2 Å². The highest BCUT2D eigenvalue weighted by molar-refractivity contribution is 9.10. The molecule has 1 unspecified atom stereocenters. The molecular formula is C10H14BrCl2N3O. The first-order valence-corrected chi connectivity index (χ1v) is 5.61. The van der Waals surface area contributed by atoms with Gasteiger partial charge in [-0.1, -0.05) is 0 Å². The summed E-state index contributed by atoms with van der Waals surface area (Å²) in [5.74, 6) is 0.0109. The third kappa shape index (κ3) is 4.10. The smallest absolute Gasteiger partial charge is 0.255 e. The van der Waals surface area contributed by atoms with Crippen molar-refractivity contribution in [3.8, 4) is 0 Å². The first kappa shape index (κ1) is 16.6. The summed E-state index contributed by atoms with van der Waals surface area (Å²) in [6.07, 6.45) is 4.12. The molecule has 0 radical (unpaired) electrons. The van der Waals surface area contributed by atoms with Crippen molar-refractivity contribution in [2.45, 2.75) is 12.5 Å². The van der Waals surface area contributed by atoms with Crippen molar-refractivity contribution < 1.29 is 4.79 Å². The normalized spacial score (nSPS) is 18.2. The number of hydrogen-bond acceptors (Lipinski definition) is 3. The second-order valence-corrected chi connectivity index (χ2v) is 4.61. The summed E-state index contributed by atoms with van der Waals surface area (Å²) in [7, 11) is 0. The molecule has 1 aliphatic heterocycles. The van der Waals surface area contributed by atoms with Gasteiger partial charge in [0.25, 0.3) is 5.91 Å². The number of halogens is 3. The van der Waals surface area contributed by atoms with Crippen molar-refractivity contribution in [2.24, 2.45) is 5.73 Å². The van der Waals surface area contributed by atoms with Crippen LogP contribution in [0, 0.1) is 0 Å². The Hall–Kier alpha value is -0.360. The van der Waals surface area contributed by atoms with Gasteiger partial charge >= 0.3 is 0 Å². The Morgan fingerprint density at radius 2 is 2.18 bits per heavy atom. The monoisotopic (exact) mass is 341 g/mol. The van der Waals surface area contributed by atoms with E-state index in [1.54, 1.807) is 23.4 Å². The summed E-state index contributed by atoms with van der Waals surface area (Å²) < 4.78 is 0.817. The standard InChI is InChI=1S/C10H12BrN3O.2ClH/c11-8-3-7(4-13-5-8)10(15)14-2-1-9(12)6-14;;/h3-5,9H,1-2,6,12H2;2*1H. The number of aromatic nitrogens is 1. The second-order valence-electron chi connectivity index (χ2n) is 3.69. The number of pyridine rings is 1. The van der Waals surface area contributed by atoms with Crippen LogP contribution in [0.1, 0.15) is 16.8 Å². The molecule has 0 spiro atoms. The molecule has 0 aliphatic carbocycles. The van der Waals surface area contributed by atoms with Crippen LogP contribution in [0.3, 0.4) is 0 Å². The molecule has 0 bridgehead atoms. The molecule has 1 fully saturated rings. The molecule has 2 rings (SSSR count). The fourth-order valence-electron chi connectivity index (χ4n) is 1.68.